The molecule has 1 N–H and O–H groups in total. The molecule has 20 heavy (non-hydrogen) atoms. The van der Waals surface area contributed by atoms with Crippen molar-refractivity contribution in [2.75, 3.05) is 5.32 Å². The molecular weight excluding hydrogens is 260 g/mol. The highest BCUT2D eigenvalue weighted by Crippen LogP contribution is 2.30. The van der Waals surface area contributed by atoms with Crippen LogP contribution in [0.2, 0.25) is 0 Å². The predicted molar refractivity (Wildman–Crippen MR) is 71.1 cm³/mol. The van der Waals surface area contributed by atoms with Crippen LogP contribution in [0.5, 0.6) is 0 Å². The van der Waals surface area contributed by atoms with Gasteiger partial charge >= 0.3 is 5.69 Å². The average molecular weight is 272 g/mol. The van der Waals surface area contributed by atoms with Gasteiger partial charge in [0.05, 0.1) is 11.1 Å². The summed E-state index contributed by atoms with van der Waals surface area (Å²) in [6.45, 7) is 3.54. The van der Waals surface area contributed by atoms with Crippen LogP contribution in [-0.2, 0) is 0 Å². The zero-order valence-electron chi connectivity index (χ0n) is 11.0. The third kappa shape index (κ3) is 2.59. The van der Waals surface area contributed by atoms with Gasteiger partial charge in [0.15, 0.2) is 0 Å². The number of nitrogens with one attached hydrogen (secondary N) is 1. The normalized spacial score (nSPS) is 11.7. The third-order valence-corrected chi connectivity index (χ3v) is 2.72. The molecule has 0 bridgehead atoms. The number of aromatic nitrogens is 1. The third-order valence-electron chi connectivity index (χ3n) is 2.72. The predicted octanol–water partition coefficient (Wildman–Crippen LogP) is 2.94. The topological polar surface area (TPSA) is 105 Å². The van der Waals surface area contributed by atoms with E-state index >= 15 is 0 Å². The fraction of sp³-hybridized carbons (Fsp3) is 0.231. The SMILES string of the molecule is Cc1cnc(C(C)Nc2cccc(C#N)c2[N+](=O)[O-])o1. The molecule has 7 nitrogen and oxygen atoms in total. The lowest BCUT2D eigenvalue weighted by Crippen LogP contribution is -2.09. The fourth-order valence-corrected chi connectivity index (χ4v) is 1.81. The van der Waals surface area contributed by atoms with Crippen molar-refractivity contribution in [2.24, 2.45) is 0 Å². The average Bonchev–Trinajstić information content (AvgIpc) is 2.84. The van der Waals surface area contributed by atoms with Crippen molar-refractivity contribution in [3.8, 4) is 6.07 Å². The smallest absolute Gasteiger partial charge is 0.309 e. The first kappa shape index (κ1) is 13.5. The highest BCUT2D eigenvalue weighted by atomic mass is 16.6. The molecule has 1 atom stereocenters. The largest absolute Gasteiger partial charge is 0.444 e. The van der Waals surface area contributed by atoms with Gasteiger partial charge in [-0.05, 0) is 26.0 Å². The molecule has 0 amide bonds. The van der Waals surface area contributed by atoms with Crippen LogP contribution in [0.15, 0.2) is 28.8 Å². The van der Waals surface area contributed by atoms with Crippen LogP contribution in [0.3, 0.4) is 0 Å². The van der Waals surface area contributed by atoms with E-state index in [9.17, 15) is 10.1 Å². The van der Waals surface area contributed by atoms with Crippen molar-refractivity contribution in [1.82, 2.24) is 4.98 Å². The number of nitro benzene ring substituents is 1. The van der Waals surface area contributed by atoms with E-state index in [-0.39, 0.29) is 23.0 Å². The Morgan fingerprint density at radius 3 is 2.85 bits per heavy atom. The van der Waals surface area contributed by atoms with E-state index < -0.39 is 4.92 Å². The molecular formula is C13H12N4O3. The Hall–Kier alpha value is -2.88. The Balaban J connectivity index is 2.34. The van der Waals surface area contributed by atoms with Crippen LogP contribution in [0.25, 0.3) is 0 Å². The molecule has 0 saturated heterocycles. The van der Waals surface area contributed by atoms with E-state index in [1.807, 2.05) is 6.07 Å². The lowest BCUT2D eigenvalue weighted by Gasteiger charge is -2.12. The van der Waals surface area contributed by atoms with E-state index in [1.165, 1.54) is 6.07 Å². The first-order valence-corrected chi connectivity index (χ1v) is 5.89. The molecule has 1 aromatic heterocycles. The molecule has 0 aliphatic carbocycles. The standard InChI is InChI=1S/C13H12N4O3/c1-8-7-15-13(20-8)9(2)16-11-5-3-4-10(6-14)12(11)17(18)19/h3-5,7,9,16H,1-2H3. The second-order valence-electron chi connectivity index (χ2n) is 4.25. The van der Waals surface area contributed by atoms with Crippen LogP contribution < -0.4 is 5.32 Å². The molecule has 0 spiro atoms. The second kappa shape index (κ2) is 5.40. The summed E-state index contributed by atoms with van der Waals surface area (Å²) in [7, 11) is 0. The number of para-hydroxylation sites is 1. The summed E-state index contributed by atoms with van der Waals surface area (Å²) < 4.78 is 5.37. The van der Waals surface area contributed by atoms with Crippen LogP contribution in [-0.4, -0.2) is 9.91 Å². The summed E-state index contributed by atoms with van der Waals surface area (Å²) in [6, 6.07) is 6.00. The van der Waals surface area contributed by atoms with Gasteiger partial charge in [0.1, 0.15) is 29.1 Å². The highest BCUT2D eigenvalue weighted by Gasteiger charge is 2.22. The maximum absolute atomic E-state index is 11.1. The number of nitro groups is 1. The summed E-state index contributed by atoms with van der Waals surface area (Å²) in [4.78, 5) is 14.6. The molecule has 0 radical (unpaired) electrons. The molecule has 1 heterocycles. The monoisotopic (exact) mass is 272 g/mol. The molecule has 0 saturated carbocycles. The Morgan fingerprint density at radius 1 is 1.55 bits per heavy atom. The minimum absolute atomic E-state index is 0.00999. The van der Waals surface area contributed by atoms with Gasteiger partial charge in [0.25, 0.3) is 0 Å². The number of nitriles is 1. The maximum Gasteiger partial charge on any atom is 0.309 e. The number of aryl methyl sites for hydroxylation is 1. The molecule has 0 aliphatic heterocycles. The molecule has 0 aliphatic rings. The quantitative estimate of drug-likeness (QED) is 0.677. The number of benzene rings is 1. The molecule has 1 aromatic carbocycles. The summed E-state index contributed by atoms with van der Waals surface area (Å²) in [5.41, 5.74) is 0.0262. The van der Waals surface area contributed by atoms with Crippen LogP contribution >= 0.6 is 0 Å². The van der Waals surface area contributed by atoms with Crippen LogP contribution in [0.1, 0.15) is 30.2 Å². The van der Waals surface area contributed by atoms with Crippen molar-refractivity contribution in [1.29, 1.82) is 5.26 Å². The lowest BCUT2D eigenvalue weighted by molar-refractivity contribution is -0.384. The molecule has 7 heteroatoms. The van der Waals surface area contributed by atoms with E-state index in [2.05, 4.69) is 10.3 Å². The summed E-state index contributed by atoms with van der Waals surface area (Å²) in [5, 5.41) is 23.0. The number of anilines is 1. The Morgan fingerprint density at radius 2 is 2.30 bits per heavy atom. The van der Waals surface area contributed by atoms with Gasteiger partial charge in [-0.2, -0.15) is 5.26 Å². The van der Waals surface area contributed by atoms with Crippen LogP contribution in [0.4, 0.5) is 11.4 Å². The van der Waals surface area contributed by atoms with Gasteiger partial charge in [-0.1, -0.05) is 6.07 Å². The number of hydrogen-bond acceptors (Lipinski definition) is 6. The first-order chi connectivity index (χ1) is 9.52. The van der Waals surface area contributed by atoms with Crippen molar-refractivity contribution < 1.29 is 9.34 Å². The minimum atomic E-state index is -0.575. The summed E-state index contributed by atoms with van der Waals surface area (Å²) in [6.07, 6.45) is 1.58. The van der Waals surface area contributed by atoms with E-state index in [1.54, 1.807) is 32.2 Å². The Kier molecular flexibility index (Phi) is 3.66. The van der Waals surface area contributed by atoms with Gasteiger partial charge in [-0.3, -0.25) is 10.1 Å². The van der Waals surface area contributed by atoms with Gasteiger partial charge in [-0.25, -0.2) is 4.98 Å². The van der Waals surface area contributed by atoms with Crippen molar-refractivity contribution in [3.63, 3.8) is 0 Å². The fourth-order valence-electron chi connectivity index (χ4n) is 1.81. The number of rotatable bonds is 4. The van der Waals surface area contributed by atoms with E-state index in [0.29, 0.717) is 11.7 Å². The molecule has 2 aromatic rings. The van der Waals surface area contributed by atoms with Gasteiger partial charge in [-0.15, -0.1) is 0 Å². The highest BCUT2D eigenvalue weighted by molar-refractivity contribution is 5.68. The van der Waals surface area contributed by atoms with E-state index in [4.69, 9.17) is 9.68 Å². The molecule has 102 valence electrons. The maximum atomic E-state index is 11.1. The number of hydrogen-bond donors (Lipinski definition) is 1. The van der Waals surface area contributed by atoms with Crippen molar-refractivity contribution >= 4 is 11.4 Å². The summed E-state index contributed by atoms with van der Waals surface area (Å²) >= 11 is 0. The lowest BCUT2D eigenvalue weighted by atomic mass is 10.1. The van der Waals surface area contributed by atoms with Gasteiger partial charge < -0.3 is 9.73 Å². The Labute approximate surface area is 115 Å². The minimum Gasteiger partial charge on any atom is -0.444 e. The second-order valence-corrected chi connectivity index (χ2v) is 4.25. The van der Waals surface area contributed by atoms with Gasteiger partial charge in [0.2, 0.25) is 5.89 Å². The summed E-state index contributed by atoms with van der Waals surface area (Å²) in [5.74, 6) is 1.09. The van der Waals surface area contributed by atoms with Crippen molar-refractivity contribution in [2.45, 2.75) is 19.9 Å². The zero-order valence-corrected chi connectivity index (χ0v) is 11.0. The van der Waals surface area contributed by atoms with Crippen molar-refractivity contribution in [3.05, 3.63) is 51.7 Å². The van der Waals surface area contributed by atoms with E-state index in [0.717, 1.165) is 0 Å². The Bertz CT molecular complexity index is 687. The number of oxazole rings is 1. The molecule has 1 unspecified atom stereocenters. The first-order valence-electron chi connectivity index (χ1n) is 5.89. The van der Waals surface area contributed by atoms with Crippen LogP contribution in [0, 0.1) is 28.4 Å². The molecule has 0 fully saturated rings. The number of nitrogens with zero attached hydrogens (tertiary/aromatic N) is 3. The zero-order chi connectivity index (χ0) is 14.7. The molecule has 2 rings (SSSR count). The van der Waals surface area contributed by atoms with Gasteiger partial charge in [0, 0.05) is 0 Å².